The molecule has 2 unspecified atom stereocenters. The number of carbonyl (C=O) groups excluding carboxylic acids is 3. The fourth-order valence-electron chi connectivity index (χ4n) is 7.42. The van der Waals surface area contributed by atoms with E-state index in [-0.39, 0.29) is 5.91 Å². The van der Waals surface area contributed by atoms with E-state index < -0.39 is 36.6 Å². The quantitative estimate of drug-likeness (QED) is 0.0501. The normalized spacial score (nSPS) is 12.5. The molecular formula is C45H84NO5-. The van der Waals surface area contributed by atoms with Gasteiger partial charge in [-0.1, -0.05) is 213 Å². The molecule has 0 aromatic heterocycles. The number of aliphatic carboxylic acids is 1. The van der Waals surface area contributed by atoms with Gasteiger partial charge < -0.3 is 19.9 Å². The van der Waals surface area contributed by atoms with E-state index in [0.29, 0.717) is 13.1 Å². The number of amides is 1. The van der Waals surface area contributed by atoms with Crippen LogP contribution in [0.2, 0.25) is 0 Å². The van der Waals surface area contributed by atoms with Crippen molar-refractivity contribution in [2.75, 3.05) is 19.7 Å². The highest BCUT2D eigenvalue weighted by Gasteiger charge is 2.34. The number of nitrogens with zero attached hydrogens (tertiary/aromatic N) is 1. The highest BCUT2D eigenvalue weighted by Crippen LogP contribution is 2.22. The molecule has 0 fully saturated rings. The third-order valence-electron chi connectivity index (χ3n) is 10.8. The fraction of sp³-hybridized carbons (Fsp3) is 0.889. The fourth-order valence-corrected chi connectivity index (χ4v) is 7.42. The van der Waals surface area contributed by atoms with Crippen LogP contribution in [0.25, 0.3) is 0 Å². The molecule has 0 heterocycles. The second-order valence-electron chi connectivity index (χ2n) is 15.5. The van der Waals surface area contributed by atoms with Crippen molar-refractivity contribution in [3.63, 3.8) is 0 Å². The third-order valence-corrected chi connectivity index (χ3v) is 10.8. The monoisotopic (exact) mass is 719 g/mol. The van der Waals surface area contributed by atoms with Gasteiger partial charge in [-0.25, -0.2) is 0 Å². The Morgan fingerprint density at radius 3 is 1.02 bits per heavy atom. The molecule has 0 rings (SSSR count). The highest BCUT2D eigenvalue weighted by molar-refractivity contribution is 5.96. The van der Waals surface area contributed by atoms with Crippen molar-refractivity contribution < 1.29 is 24.6 Å². The van der Waals surface area contributed by atoms with E-state index in [9.17, 15) is 24.6 Å². The molecule has 0 aliphatic heterocycles. The van der Waals surface area contributed by atoms with Crippen LogP contribution in [-0.2, 0) is 14.4 Å². The maximum Gasteiger partial charge on any atom is 0.226 e. The second kappa shape index (κ2) is 38.0. The zero-order valence-electron chi connectivity index (χ0n) is 33.9. The average Bonchev–Trinajstić information content (AvgIpc) is 3.12. The third kappa shape index (κ3) is 30.5. The number of rotatable bonds is 41. The number of aliphatic hydroxyl groups excluding tert-OH is 1. The van der Waals surface area contributed by atoms with E-state index in [2.05, 4.69) is 20.4 Å². The van der Waals surface area contributed by atoms with Gasteiger partial charge in [0.25, 0.3) is 0 Å². The lowest BCUT2D eigenvalue weighted by Crippen LogP contribution is -2.45. The molecular weight excluding hydrogens is 634 g/mol. The molecule has 0 aliphatic carbocycles. The number of ketones is 1. The highest BCUT2D eigenvalue weighted by atomic mass is 16.4. The predicted molar refractivity (Wildman–Crippen MR) is 215 cm³/mol. The van der Waals surface area contributed by atoms with Crippen LogP contribution in [0.3, 0.4) is 0 Å². The molecule has 51 heavy (non-hydrogen) atoms. The zero-order chi connectivity index (χ0) is 37.6. The Morgan fingerprint density at radius 1 is 0.510 bits per heavy atom. The van der Waals surface area contributed by atoms with Gasteiger partial charge in [0.2, 0.25) is 5.91 Å². The van der Waals surface area contributed by atoms with Crippen molar-refractivity contribution in [1.82, 2.24) is 4.90 Å². The molecule has 2 atom stereocenters. The molecule has 1 amide bonds. The molecule has 6 nitrogen and oxygen atoms in total. The molecule has 0 radical (unpaired) electrons. The van der Waals surface area contributed by atoms with Gasteiger partial charge in [0.15, 0.2) is 5.78 Å². The van der Waals surface area contributed by atoms with Crippen LogP contribution in [0, 0.1) is 11.8 Å². The summed E-state index contributed by atoms with van der Waals surface area (Å²) in [5, 5.41) is 21.5. The topological polar surface area (TPSA) is 97.7 Å². The Kier molecular flexibility index (Phi) is 36.8. The van der Waals surface area contributed by atoms with Gasteiger partial charge >= 0.3 is 0 Å². The lowest BCUT2D eigenvalue weighted by molar-refractivity contribution is -0.307. The minimum atomic E-state index is -1.38. The average molecular weight is 719 g/mol. The maximum atomic E-state index is 13.7. The van der Waals surface area contributed by atoms with Crippen LogP contribution >= 0.6 is 0 Å². The largest absolute Gasteiger partial charge is 0.550 e. The van der Waals surface area contributed by atoms with E-state index in [1.165, 1.54) is 167 Å². The maximum absolute atomic E-state index is 13.7. The van der Waals surface area contributed by atoms with E-state index in [0.717, 1.165) is 44.6 Å². The SMILES string of the molecule is C=CC(=O)C(CO)C(CC(=O)[O-])C(=O)N(CCCCCCCCCCCCCCCCCC)CCCCCCCCCCCCCCCCCC. The Morgan fingerprint density at radius 2 is 0.784 bits per heavy atom. The molecule has 0 aromatic rings. The number of aliphatic hydroxyl groups is 1. The van der Waals surface area contributed by atoms with Crippen LogP contribution in [0.5, 0.6) is 0 Å². The summed E-state index contributed by atoms with van der Waals surface area (Å²) < 4.78 is 0. The van der Waals surface area contributed by atoms with Crippen molar-refractivity contribution in [2.24, 2.45) is 11.8 Å². The first-order valence-corrected chi connectivity index (χ1v) is 22.2. The minimum Gasteiger partial charge on any atom is -0.550 e. The number of carbonyl (C=O) groups is 3. The van der Waals surface area contributed by atoms with Crippen LogP contribution in [-0.4, -0.2) is 47.4 Å². The van der Waals surface area contributed by atoms with Crippen LogP contribution in [0.1, 0.15) is 226 Å². The number of carboxylic acids is 1. The van der Waals surface area contributed by atoms with Crippen LogP contribution < -0.4 is 5.11 Å². The van der Waals surface area contributed by atoms with E-state index in [1.807, 2.05) is 0 Å². The summed E-state index contributed by atoms with van der Waals surface area (Å²) in [5.74, 6) is -4.47. The summed E-state index contributed by atoms with van der Waals surface area (Å²) >= 11 is 0. The summed E-state index contributed by atoms with van der Waals surface area (Å²) in [5.41, 5.74) is 0. The van der Waals surface area contributed by atoms with E-state index in [1.54, 1.807) is 4.90 Å². The van der Waals surface area contributed by atoms with Gasteiger partial charge in [-0.05, 0) is 25.3 Å². The van der Waals surface area contributed by atoms with Crippen molar-refractivity contribution in [2.45, 2.75) is 226 Å². The van der Waals surface area contributed by atoms with Crippen LogP contribution in [0.4, 0.5) is 0 Å². The second-order valence-corrected chi connectivity index (χ2v) is 15.5. The summed E-state index contributed by atoms with van der Waals surface area (Å²) in [6.45, 7) is 8.56. The smallest absolute Gasteiger partial charge is 0.226 e. The van der Waals surface area contributed by atoms with Gasteiger partial charge in [-0.3, -0.25) is 9.59 Å². The summed E-state index contributed by atoms with van der Waals surface area (Å²) in [6, 6.07) is 0. The molecule has 0 saturated carbocycles. The molecule has 0 bridgehead atoms. The molecule has 300 valence electrons. The molecule has 0 saturated heterocycles. The number of hydrogen-bond donors (Lipinski definition) is 1. The number of carboxylic acid groups (broad SMARTS) is 1. The summed E-state index contributed by atoms with van der Waals surface area (Å²) in [7, 11) is 0. The van der Waals surface area contributed by atoms with E-state index in [4.69, 9.17) is 0 Å². The van der Waals surface area contributed by atoms with Gasteiger partial charge in [-0.15, -0.1) is 0 Å². The summed E-state index contributed by atoms with van der Waals surface area (Å²) in [6.07, 6.45) is 41.5. The lowest BCUT2D eigenvalue weighted by Gasteiger charge is -2.31. The molecule has 0 aliphatic rings. The molecule has 6 heteroatoms. The first-order chi connectivity index (χ1) is 24.9. The Bertz CT molecular complexity index is 778. The van der Waals surface area contributed by atoms with Crippen molar-refractivity contribution in [3.05, 3.63) is 12.7 Å². The van der Waals surface area contributed by atoms with Gasteiger partial charge in [0.1, 0.15) is 0 Å². The Labute approximate surface area is 316 Å². The first kappa shape index (κ1) is 49.3. The Balaban J connectivity index is 4.49. The first-order valence-electron chi connectivity index (χ1n) is 22.2. The number of unbranched alkanes of at least 4 members (excludes halogenated alkanes) is 30. The minimum absolute atomic E-state index is 0.352. The summed E-state index contributed by atoms with van der Waals surface area (Å²) in [4.78, 5) is 39.6. The zero-order valence-corrected chi connectivity index (χ0v) is 33.9. The predicted octanol–water partition coefficient (Wildman–Crippen LogP) is 11.5. The van der Waals surface area contributed by atoms with Gasteiger partial charge in [0, 0.05) is 19.1 Å². The van der Waals surface area contributed by atoms with Crippen molar-refractivity contribution in [1.29, 1.82) is 0 Å². The number of hydrogen-bond acceptors (Lipinski definition) is 5. The van der Waals surface area contributed by atoms with Crippen LogP contribution in [0.15, 0.2) is 12.7 Å². The van der Waals surface area contributed by atoms with E-state index >= 15 is 0 Å². The lowest BCUT2D eigenvalue weighted by atomic mass is 9.85. The number of allylic oxidation sites excluding steroid dienone is 1. The molecule has 0 spiro atoms. The molecule has 0 aromatic carbocycles. The van der Waals surface area contributed by atoms with Gasteiger partial charge in [0.05, 0.1) is 18.4 Å². The Hall–Kier alpha value is -1.69. The van der Waals surface area contributed by atoms with Gasteiger partial charge in [-0.2, -0.15) is 0 Å². The standard InChI is InChI=1S/C45H85NO5/c1-4-7-9-11-13-15-17-19-21-23-25-27-29-31-33-35-37-46(45(51)41(39-44(49)50)42(40-47)43(48)6-3)38-36-34-32-30-28-26-24-22-20-18-16-14-12-10-8-5-2/h6,41-42,47H,3-5,7-40H2,1-2H3,(H,49,50)/p-1. The molecule has 1 N–H and O–H groups in total. The van der Waals surface area contributed by atoms with Crippen molar-refractivity contribution in [3.8, 4) is 0 Å². The van der Waals surface area contributed by atoms with Crippen molar-refractivity contribution >= 4 is 17.7 Å².